The zero-order valence-corrected chi connectivity index (χ0v) is 14.5. The molecule has 1 atom stereocenters. The van der Waals surface area contributed by atoms with E-state index in [0.29, 0.717) is 19.2 Å². The van der Waals surface area contributed by atoms with E-state index < -0.39 is 6.04 Å². The Morgan fingerprint density at radius 1 is 1.24 bits per heavy atom. The molecule has 0 fully saturated rings. The molecule has 1 unspecified atom stereocenters. The molecule has 0 radical (unpaired) electrons. The van der Waals surface area contributed by atoms with E-state index in [9.17, 15) is 9.90 Å². The molecular weight excluding hydrogens is 424 g/mol. The number of benzene rings is 2. The molecule has 6 heteroatoms. The molecule has 3 nitrogen and oxygen atoms in total. The summed E-state index contributed by atoms with van der Waals surface area (Å²) in [5.41, 5.74) is 1.22. The lowest BCUT2D eigenvalue weighted by atomic mass is 10.1. The molecule has 0 aliphatic carbocycles. The summed E-state index contributed by atoms with van der Waals surface area (Å²) in [4.78, 5) is 12.4. The highest BCUT2D eigenvalue weighted by Gasteiger charge is 2.18. The van der Waals surface area contributed by atoms with Crippen molar-refractivity contribution >= 4 is 51.7 Å². The van der Waals surface area contributed by atoms with Crippen molar-refractivity contribution < 1.29 is 9.90 Å². The highest BCUT2D eigenvalue weighted by atomic mass is 127. The third-order valence-electron chi connectivity index (χ3n) is 2.93. The minimum absolute atomic E-state index is 0.194. The van der Waals surface area contributed by atoms with Crippen LogP contribution in [-0.2, 0) is 0 Å². The number of carbonyl (C=O) groups excluding carboxylic acids is 1. The average molecular weight is 436 g/mol. The number of aliphatic hydroxyl groups excluding tert-OH is 1. The Hall–Kier alpha value is -0.820. The summed E-state index contributed by atoms with van der Waals surface area (Å²) in [5, 5.41) is 13.1. The molecule has 110 valence electrons. The van der Waals surface area contributed by atoms with E-state index in [1.807, 2.05) is 52.9 Å². The summed E-state index contributed by atoms with van der Waals surface area (Å²) in [6.07, 6.45) is 0. The molecule has 0 saturated heterocycles. The lowest BCUT2D eigenvalue weighted by molar-refractivity contribution is 0.0915. The topological polar surface area (TPSA) is 49.3 Å². The molecule has 2 rings (SSSR count). The molecule has 2 aromatic rings. The van der Waals surface area contributed by atoms with Gasteiger partial charge in [-0.05, 0) is 40.3 Å². The Labute approximate surface area is 146 Å². The van der Waals surface area contributed by atoms with Crippen LogP contribution >= 0.6 is 45.8 Å². The molecule has 0 spiro atoms. The Morgan fingerprint density at radius 3 is 2.52 bits per heavy atom. The zero-order valence-electron chi connectivity index (χ0n) is 10.8. The summed E-state index contributed by atoms with van der Waals surface area (Å²) < 4.78 is 0.626. The van der Waals surface area contributed by atoms with Crippen molar-refractivity contribution in [3.05, 3.63) is 67.2 Å². The molecule has 0 saturated carbocycles. The van der Waals surface area contributed by atoms with Gasteiger partial charge in [-0.3, -0.25) is 4.79 Å². The zero-order chi connectivity index (χ0) is 15.4. The fraction of sp³-hybridized carbons (Fsp3) is 0.133. The summed E-state index contributed by atoms with van der Waals surface area (Å²) in [7, 11) is 0. The fourth-order valence-corrected chi connectivity index (χ4v) is 2.93. The second-order valence-corrected chi connectivity index (χ2v) is 6.29. The first-order valence-corrected chi connectivity index (χ1v) is 7.97. The summed E-state index contributed by atoms with van der Waals surface area (Å²) in [6.45, 7) is -0.194. The first-order valence-electron chi connectivity index (χ1n) is 6.14. The quantitative estimate of drug-likeness (QED) is 0.562. The van der Waals surface area contributed by atoms with Crippen molar-refractivity contribution in [2.75, 3.05) is 6.61 Å². The number of halogens is 3. The van der Waals surface area contributed by atoms with Gasteiger partial charge in [-0.2, -0.15) is 0 Å². The summed E-state index contributed by atoms with van der Waals surface area (Å²) >= 11 is 14.0. The van der Waals surface area contributed by atoms with Crippen LogP contribution in [0.2, 0.25) is 10.0 Å². The molecule has 21 heavy (non-hydrogen) atoms. The van der Waals surface area contributed by atoms with E-state index in [0.717, 1.165) is 5.56 Å². The molecule has 0 aromatic heterocycles. The van der Waals surface area contributed by atoms with E-state index in [2.05, 4.69) is 5.32 Å². The van der Waals surface area contributed by atoms with Gasteiger partial charge in [0, 0.05) is 8.59 Å². The monoisotopic (exact) mass is 435 g/mol. The van der Waals surface area contributed by atoms with Crippen molar-refractivity contribution in [3.63, 3.8) is 0 Å². The molecule has 0 heterocycles. The van der Waals surface area contributed by atoms with Crippen molar-refractivity contribution in [3.8, 4) is 0 Å². The maximum absolute atomic E-state index is 12.4. The molecule has 0 bridgehead atoms. The highest BCUT2D eigenvalue weighted by molar-refractivity contribution is 14.1. The minimum Gasteiger partial charge on any atom is -0.394 e. The van der Waals surface area contributed by atoms with Crippen LogP contribution in [0.1, 0.15) is 22.0 Å². The molecule has 0 aliphatic rings. The maximum Gasteiger partial charge on any atom is 0.253 e. The van der Waals surface area contributed by atoms with Gasteiger partial charge in [0.05, 0.1) is 23.2 Å². The van der Waals surface area contributed by atoms with Gasteiger partial charge in [-0.15, -0.1) is 0 Å². The van der Waals surface area contributed by atoms with Crippen LogP contribution in [0.25, 0.3) is 0 Å². The Balaban J connectivity index is 2.25. The van der Waals surface area contributed by atoms with E-state index in [1.54, 1.807) is 12.1 Å². The maximum atomic E-state index is 12.4. The highest BCUT2D eigenvalue weighted by Crippen LogP contribution is 2.27. The van der Waals surface area contributed by atoms with Gasteiger partial charge < -0.3 is 10.4 Å². The van der Waals surface area contributed by atoms with Crippen molar-refractivity contribution in [1.82, 2.24) is 5.32 Å². The number of hydrogen-bond donors (Lipinski definition) is 2. The average Bonchev–Trinajstić information content (AvgIpc) is 2.49. The largest absolute Gasteiger partial charge is 0.394 e. The van der Waals surface area contributed by atoms with Gasteiger partial charge in [0.15, 0.2) is 0 Å². The van der Waals surface area contributed by atoms with Gasteiger partial charge >= 0.3 is 0 Å². The number of nitrogens with one attached hydrogen (secondary N) is 1. The lowest BCUT2D eigenvalue weighted by Gasteiger charge is -2.17. The van der Waals surface area contributed by atoms with Gasteiger partial charge in [0.1, 0.15) is 0 Å². The Morgan fingerprint density at radius 2 is 1.90 bits per heavy atom. The van der Waals surface area contributed by atoms with Crippen LogP contribution in [0.4, 0.5) is 0 Å². The Bertz CT molecular complexity index is 650. The third kappa shape index (κ3) is 4.10. The number of carbonyl (C=O) groups is 1. The van der Waals surface area contributed by atoms with Gasteiger partial charge in [-0.25, -0.2) is 0 Å². The van der Waals surface area contributed by atoms with E-state index in [-0.39, 0.29) is 12.5 Å². The van der Waals surface area contributed by atoms with Crippen molar-refractivity contribution in [2.45, 2.75) is 6.04 Å². The minimum atomic E-state index is -0.479. The van der Waals surface area contributed by atoms with Gasteiger partial charge in [-0.1, -0.05) is 53.5 Å². The normalized spacial score (nSPS) is 12.0. The molecule has 0 aliphatic heterocycles. The SMILES string of the molecule is O=C(NC(CO)c1ccccc1)c1cc(Cl)cc(Cl)c1I. The number of aliphatic hydroxyl groups is 1. The van der Waals surface area contributed by atoms with Crippen LogP contribution < -0.4 is 5.32 Å². The predicted octanol–water partition coefficient (Wildman–Crippen LogP) is 4.06. The first kappa shape index (κ1) is 16.5. The molecular formula is C15H12Cl2INO2. The molecule has 1 amide bonds. The lowest BCUT2D eigenvalue weighted by Crippen LogP contribution is -2.31. The van der Waals surface area contributed by atoms with Crippen LogP contribution in [0.3, 0.4) is 0 Å². The number of rotatable bonds is 4. The van der Waals surface area contributed by atoms with Crippen molar-refractivity contribution in [1.29, 1.82) is 0 Å². The van der Waals surface area contributed by atoms with Crippen LogP contribution in [0, 0.1) is 3.57 Å². The van der Waals surface area contributed by atoms with Gasteiger partial charge in [0.25, 0.3) is 5.91 Å². The van der Waals surface area contributed by atoms with Crippen LogP contribution in [0.15, 0.2) is 42.5 Å². The summed E-state index contributed by atoms with van der Waals surface area (Å²) in [5.74, 6) is -0.327. The predicted molar refractivity (Wildman–Crippen MR) is 92.9 cm³/mol. The standard InChI is InChI=1S/C15H12Cl2INO2/c16-10-6-11(14(18)12(17)7-10)15(21)19-13(8-20)9-4-2-1-3-5-9/h1-7,13,20H,8H2,(H,19,21). The number of amides is 1. The number of hydrogen-bond acceptors (Lipinski definition) is 2. The van der Waals surface area contributed by atoms with E-state index >= 15 is 0 Å². The van der Waals surface area contributed by atoms with E-state index in [4.69, 9.17) is 23.2 Å². The Kier molecular flexibility index (Phi) is 5.87. The smallest absolute Gasteiger partial charge is 0.253 e. The molecule has 2 N–H and O–H groups in total. The van der Waals surface area contributed by atoms with E-state index in [1.165, 1.54) is 0 Å². The third-order valence-corrected chi connectivity index (χ3v) is 4.92. The first-order chi connectivity index (χ1) is 10.0. The fourth-order valence-electron chi connectivity index (χ4n) is 1.88. The van der Waals surface area contributed by atoms with Crippen molar-refractivity contribution in [2.24, 2.45) is 0 Å². The van der Waals surface area contributed by atoms with Gasteiger partial charge in [0.2, 0.25) is 0 Å². The molecule has 2 aromatic carbocycles. The summed E-state index contributed by atoms with van der Waals surface area (Å²) in [6, 6.07) is 11.9. The van der Waals surface area contributed by atoms with Crippen LogP contribution in [0.5, 0.6) is 0 Å². The van der Waals surface area contributed by atoms with Crippen LogP contribution in [-0.4, -0.2) is 17.6 Å². The second kappa shape index (κ2) is 7.45. The second-order valence-electron chi connectivity index (χ2n) is 4.37.